The summed E-state index contributed by atoms with van der Waals surface area (Å²) in [6.07, 6.45) is 1.12. The number of hydrogen-bond acceptors (Lipinski definition) is 10. The van der Waals surface area contributed by atoms with Gasteiger partial charge in [-0.1, -0.05) is 0 Å². The highest BCUT2D eigenvalue weighted by Crippen LogP contribution is 2.35. The van der Waals surface area contributed by atoms with E-state index in [0.717, 1.165) is 6.54 Å². The molecule has 0 spiro atoms. The first-order valence-electron chi connectivity index (χ1n) is 13.3. The molecule has 232 valence electrons. The first kappa shape index (κ1) is 35.9. The number of carboxylic acids is 2. The Hall–Kier alpha value is -4.17. The molecule has 0 bridgehead atoms. The van der Waals surface area contributed by atoms with Crippen LogP contribution in [0.15, 0.2) is 29.7 Å². The average Bonchev–Trinajstić information content (AvgIpc) is 3.39. The Morgan fingerprint density at radius 1 is 0.929 bits per heavy atom. The number of carbonyl (C=O) groups excluding carboxylic acids is 2. The monoisotopic (exact) mass is 608 g/mol. The van der Waals surface area contributed by atoms with Crippen molar-refractivity contribution in [1.82, 2.24) is 15.2 Å². The quantitative estimate of drug-likeness (QED) is 0.217. The largest absolute Gasteiger partial charge is 0.496 e. The summed E-state index contributed by atoms with van der Waals surface area (Å²) in [5, 5.41) is 23.2. The van der Waals surface area contributed by atoms with Gasteiger partial charge in [0.2, 0.25) is 0 Å². The van der Waals surface area contributed by atoms with E-state index < -0.39 is 17.8 Å². The van der Waals surface area contributed by atoms with E-state index in [1.807, 2.05) is 13.8 Å². The van der Waals surface area contributed by atoms with E-state index in [4.69, 9.17) is 24.4 Å². The van der Waals surface area contributed by atoms with Gasteiger partial charge in [-0.25, -0.2) is 14.6 Å². The molecule has 0 saturated carbocycles. The molecular formula is C28H40N4O9S. The molecular weight excluding hydrogens is 568 g/mol. The number of benzene rings is 1. The van der Waals surface area contributed by atoms with E-state index in [2.05, 4.69) is 48.2 Å². The summed E-state index contributed by atoms with van der Waals surface area (Å²) >= 11 is 1.18. The standard InChI is InChI=1S/C24H36N4O5S.C4H4O4/c1-8-32-20-12-17(19(31-7)13-21(20)33-9-2)22(29)27-24-26-18(14-34-24)23(30)25-10-11-28(15(3)4)16(5)6;5-3(6)1-2-4(7)8/h12-16H,8-11H2,1-7H3,(H,25,30)(H,26,27,29);1-2H,(H,5,6)(H,7,8). The first-order chi connectivity index (χ1) is 19.8. The zero-order valence-electron chi connectivity index (χ0n) is 24.9. The van der Waals surface area contributed by atoms with Gasteiger partial charge in [-0.2, -0.15) is 0 Å². The lowest BCUT2D eigenvalue weighted by atomic mass is 10.1. The normalized spacial score (nSPS) is 10.8. The van der Waals surface area contributed by atoms with Crippen molar-refractivity contribution >= 4 is 40.2 Å². The van der Waals surface area contributed by atoms with Gasteiger partial charge in [-0.05, 0) is 41.5 Å². The van der Waals surface area contributed by atoms with Crippen LogP contribution in [0.3, 0.4) is 0 Å². The van der Waals surface area contributed by atoms with E-state index in [1.165, 1.54) is 18.4 Å². The van der Waals surface area contributed by atoms with Gasteiger partial charge in [0.05, 0.1) is 25.9 Å². The van der Waals surface area contributed by atoms with Crippen LogP contribution in [-0.2, 0) is 9.59 Å². The number of anilines is 1. The number of aromatic nitrogens is 1. The molecule has 0 aliphatic rings. The number of carbonyl (C=O) groups is 4. The van der Waals surface area contributed by atoms with Crippen LogP contribution in [0.4, 0.5) is 5.13 Å². The lowest BCUT2D eigenvalue weighted by Gasteiger charge is -2.30. The number of hydrogen-bond donors (Lipinski definition) is 4. The summed E-state index contributed by atoms with van der Waals surface area (Å²) in [7, 11) is 1.48. The molecule has 0 aliphatic carbocycles. The summed E-state index contributed by atoms with van der Waals surface area (Å²) in [4.78, 5) is 51.1. The highest BCUT2D eigenvalue weighted by atomic mass is 32.1. The zero-order chi connectivity index (χ0) is 31.8. The van der Waals surface area contributed by atoms with Gasteiger partial charge >= 0.3 is 11.9 Å². The molecule has 0 atom stereocenters. The van der Waals surface area contributed by atoms with Crippen molar-refractivity contribution in [3.63, 3.8) is 0 Å². The van der Waals surface area contributed by atoms with Gasteiger partial charge in [-0.3, -0.25) is 19.8 Å². The van der Waals surface area contributed by atoms with Gasteiger partial charge < -0.3 is 29.7 Å². The van der Waals surface area contributed by atoms with Crippen LogP contribution in [0.1, 0.15) is 62.4 Å². The van der Waals surface area contributed by atoms with E-state index in [1.54, 1.807) is 17.5 Å². The molecule has 42 heavy (non-hydrogen) atoms. The van der Waals surface area contributed by atoms with Crippen LogP contribution in [0.5, 0.6) is 17.2 Å². The van der Waals surface area contributed by atoms with Crippen molar-refractivity contribution in [3.8, 4) is 17.2 Å². The Balaban J connectivity index is 0.000000962. The fourth-order valence-corrected chi connectivity index (χ4v) is 4.35. The van der Waals surface area contributed by atoms with Crippen LogP contribution < -0.4 is 24.8 Å². The minimum absolute atomic E-state index is 0.259. The second kappa shape index (κ2) is 18.3. The summed E-state index contributed by atoms with van der Waals surface area (Å²) in [5.74, 6) is -1.92. The molecule has 0 radical (unpaired) electrons. The number of methoxy groups -OCH3 is 1. The molecule has 2 amide bonds. The number of aliphatic carboxylic acids is 2. The number of amides is 2. The molecule has 1 aromatic heterocycles. The SMILES string of the molecule is CCOc1cc(OC)c(C(=O)Nc2nc(C(=O)NCCN(C(C)C)C(C)C)cs2)cc1OCC.O=C(O)C=CC(=O)O. The third-order valence-electron chi connectivity index (χ3n) is 5.42. The number of rotatable bonds is 15. The molecule has 1 aromatic carbocycles. The molecule has 4 N–H and O–H groups in total. The maximum atomic E-state index is 12.9. The molecule has 2 aromatic rings. The predicted molar refractivity (Wildman–Crippen MR) is 159 cm³/mol. The molecule has 14 heteroatoms. The summed E-state index contributed by atoms with van der Waals surface area (Å²) in [6, 6.07) is 3.99. The van der Waals surface area contributed by atoms with E-state index >= 15 is 0 Å². The Labute approximate surface area is 249 Å². The number of thiazole rings is 1. The van der Waals surface area contributed by atoms with Crippen molar-refractivity contribution in [1.29, 1.82) is 0 Å². The van der Waals surface area contributed by atoms with Crippen molar-refractivity contribution in [2.24, 2.45) is 0 Å². The topological polar surface area (TPSA) is 177 Å². The van der Waals surface area contributed by atoms with Gasteiger partial charge in [0, 0.05) is 54.8 Å². The smallest absolute Gasteiger partial charge is 0.328 e. The van der Waals surface area contributed by atoms with Crippen LogP contribution in [-0.4, -0.2) is 89.3 Å². The summed E-state index contributed by atoms with van der Waals surface area (Å²) < 4.78 is 16.6. The fourth-order valence-electron chi connectivity index (χ4n) is 3.67. The molecule has 0 saturated heterocycles. The van der Waals surface area contributed by atoms with Crippen molar-refractivity contribution < 1.29 is 43.6 Å². The predicted octanol–water partition coefficient (Wildman–Crippen LogP) is 3.76. The third-order valence-corrected chi connectivity index (χ3v) is 6.18. The second-order valence-corrected chi connectivity index (χ2v) is 9.91. The summed E-state index contributed by atoms with van der Waals surface area (Å²) in [5.41, 5.74) is 0.535. The van der Waals surface area contributed by atoms with Crippen LogP contribution >= 0.6 is 11.3 Å². The first-order valence-corrected chi connectivity index (χ1v) is 14.1. The van der Waals surface area contributed by atoms with Gasteiger partial charge in [0.15, 0.2) is 16.6 Å². The maximum absolute atomic E-state index is 12.9. The van der Waals surface area contributed by atoms with Gasteiger partial charge in [-0.15, -0.1) is 11.3 Å². The number of carboxylic acid groups (broad SMARTS) is 2. The van der Waals surface area contributed by atoms with Gasteiger partial charge in [0.1, 0.15) is 11.4 Å². The number of ether oxygens (including phenoxy) is 3. The lowest BCUT2D eigenvalue weighted by Crippen LogP contribution is -2.42. The van der Waals surface area contributed by atoms with E-state index in [0.29, 0.717) is 66.4 Å². The van der Waals surface area contributed by atoms with Crippen LogP contribution in [0.2, 0.25) is 0 Å². The zero-order valence-corrected chi connectivity index (χ0v) is 25.7. The average molecular weight is 609 g/mol. The van der Waals surface area contributed by atoms with Crippen LogP contribution in [0.25, 0.3) is 0 Å². The fraction of sp³-hybridized carbons (Fsp3) is 0.464. The molecule has 0 fully saturated rings. The third kappa shape index (κ3) is 12.1. The molecule has 1 heterocycles. The maximum Gasteiger partial charge on any atom is 0.328 e. The minimum Gasteiger partial charge on any atom is -0.496 e. The Morgan fingerprint density at radius 2 is 1.48 bits per heavy atom. The second-order valence-electron chi connectivity index (χ2n) is 9.05. The highest BCUT2D eigenvalue weighted by molar-refractivity contribution is 7.14. The Morgan fingerprint density at radius 3 is 1.95 bits per heavy atom. The van der Waals surface area contributed by atoms with Gasteiger partial charge in [0.25, 0.3) is 11.8 Å². The number of nitrogens with one attached hydrogen (secondary N) is 2. The van der Waals surface area contributed by atoms with E-state index in [9.17, 15) is 19.2 Å². The highest BCUT2D eigenvalue weighted by Gasteiger charge is 2.20. The Bertz CT molecular complexity index is 1200. The number of nitrogens with zero attached hydrogens (tertiary/aromatic N) is 2. The molecule has 2 rings (SSSR count). The van der Waals surface area contributed by atoms with Crippen molar-refractivity contribution in [3.05, 3.63) is 40.9 Å². The molecule has 0 unspecified atom stereocenters. The van der Waals surface area contributed by atoms with Crippen LogP contribution in [0, 0.1) is 0 Å². The van der Waals surface area contributed by atoms with Crippen molar-refractivity contribution in [2.45, 2.75) is 53.6 Å². The summed E-state index contributed by atoms with van der Waals surface area (Å²) in [6.45, 7) is 14.4. The Kier molecular flexibility index (Phi) is 15.6. The van der Waals surface area contributed by atoms with E-state index in [-0.39, 0.29) is 17.2 Å². The molecule has 0 aliphatic heterocycles. The molecule has 13 nitrogen and oxygen atoms in total. The lowest BCUT2D eigenvalue weighted by molar-refractivity contribution is -0.134. The van der Waals surface area contributed by atoms with Crippen molar-refractivity contribution in [2.75, 3.05) is 38.7 Å². The minimum atomic E-state index is -1.26.